The molecule has 1 aliphatic heterocycles. The molecule has 1 fully saturated rings. The number of aromatic nitrogens is 3. The summed E-state index contributed by atoms with van der Waals surface area (Å²) in [5, 5.41) is 15.1. The Kier molecular flexibility index (Phi) is 6.43. The number of methoxy groups -OCH3 is 1. The van der Waals surface area contributed by atoms with E-state index >= 15 is 0 Å². The van der Waals surface area contributed by atoms with E-state index in [0.29, 0.717) is 28.2 Å². The van der Waals surface area contributed by atoms with Gasteiger partial charge in [0.1, 0.15) is 11.6 Å². The molecule has 2 aromatic carbocycles. The summed E-state index contributed by atoms with van der Waals surface area (Å²) >= 11 is 7.80. The van der Waals surface area contributed by atoms with Crippen molar-refractivity contribution in [1.29, 1.82) is 0 Å². The number of hydrogen-bond acceptors (Lipinski definition) is 6. The molecule has 4 rings (SSSR count). The molecular formula is C21H20ClN5O3S. The van der Waals surface area contributed by atoms with Gasteiger partial charge >= 0.3 is 6.03 Å². The van der Waals surface area contributed by atoms with Crippen LogP contribution in [0.2, 0.25) is 5.02 Å². The first-order chi connectivity index (χ1) is 15.0. The molecule has 0 spiro atoms. The number of carbonyl (C=O) groups excluding carboxylic acids is 2. The number of imide groups is 1. The number of nitrogens with one attached hydrogen (secondary N) is 2. The Hall–Kier alpha value is -3.04. The van der Waals surface area contributed by atoms with E-state index in [4.69, 9.17) is 16.3 Å². The number of ether oxygens (including phenoxy) is 1. The van der Waals surface area contributed by atoms with Crippen LogP contribution in [0.5, 0.6) is 5.75 Å². The Morgan fingerprint density at radius 3 is 2.65 bits per heavy atom. The Morgan fingerprint density at radius 2 is 1.94 bits per heavy atom. The van der Waals surface area contributed by atoms with Gasteiger partial charge in [-0.2, -0.15) is 0 Å². The lowest BCUT2D eigenvalue weighted by atomic mass is 10.1. The third-order valence-electron chi connectivity index (χ3n) is 4.79. The Balaban J connectivity index is 1.63. The van der Waals surface area contributed by atoms with Crippen molar-refractivity contribution in [3.05, 3.63) is 64.9 Å². The van der Waals surface area contributed by atoms with E-state index in [1.807, 2.05) is 53.1 Å². The van der Waals surface area contributed by atoms with Gasteiger partial charge in [-0.05, 0) is 35.9 Å². The fourth-order valence-corrected chi connectivity index (χ4v) is 4.55. The lowest BCUT2D eigenvalue weighted by Gasteiger charge is -2.23. The minimum Gasteiger partial charge on any atom is -0.497 e. The first-order valence-electron chi connectivity index (χ1n) is 9.58. The third-order valence-corrected chi connectivity index (χ3v) is 6.14. The van der Waals surface area contributed by atoms with Gasteiger partial charge in [-0.15, -0.1) is 10.2 Å². The summed E-state index contributed by atoms with van der Waals surface area (Å²) in [5.74, 6) is 1.69. The van der Waals surface area contributed by atoms with Gasteiger partial charge in [0.15, 0.2) is 5.16 Å². The van der Waals surface area contributed by atoms with Crippen LogP contribution in [0.15, 0.2) is 53.7 Å². The molecule has 2 heterocycles. The van der Waals surface area contributed by atoms with E-state index in [1.165, 1.54) is 11.8 Å². The van der Waals surface area contributed by atoms with Crippen LogP contribution in [0.3, 0.4) is 0 Å². The van der Waals surface area contributed by atoms with Gasteiger partial charge in [-0.25, -0.2) is 4.79 Å². The summed E-state index contributed by atoms with van der Waals surface area (Å²) in [5.41, 5.74) is 1.85. The highest BCUT2D eigenvalue weighted by molar-refractivity contribution is 7.98. The second-order valence-corrected chi connectivity index (χ2v) is 8.29. The van der Waals surface area contributed by atoms with Crippen molar-refractivity contribution >= 4 is 35.3 Å². The number of carbonyl (C=O) groups is 2. The average molecular weight is 458 g/mol. The smallest absolute Gasteiger partial charge is 0.321 e. The minimum atomic E-state index is -0.495. The van der Waals surface area contributed by atoms with Gasteiger partial charge in [-0.1, -0.05) is 41.6 Å². The van der Waals surface area contributed by atoms with Crippen LogP contribution >= 0.6 is 23.4 Å². The largest absolute Gasteiger partial charge is 0.497 e. The molecule has 1 atom stereocenters. The normalized spacial score (nSPS) is 16.0. The van der Waals surface area contributed by atoms with Crippen LogP contribution in [0.25, 0.3) is 5.69 Å². The molecule has 3 aromatic rings. The zero-order valence-corrected chi connectivity index (χ0v) is 18.2. The van der Waals surface area contributed by atoms with Crippen LogP contribution in [0.4, 0.5) is 4.79 Å². The van der Waals surface area contributed by atoms with Crippen LogP contribution in [-0.4, -0.2) is 39.9 Å². The van der Waals surface area contributed by atoms with Gasteiger partial charge in [0.05, 0.1) is 7.11 Å². The van der Waals surface area contributed by atoms with Crippen molar-refractivity contribution in [3.63, 3.8) is 0 Å². The standard InChI is InChI=1S/C21H20ClN5O3S/c1-30-16-8-6-15(7-9-16)27-18(10-14-11-19(28)24-20(29)23-14)25-26-21(27)31-12-13-4-2-3-5-17(13)22/h2-9,14H,10-12H2,1H3,(H2,23,24,28,29). The van der Waals surface area contributed by atoms with E-state index in [-0.39, 0.29) is 18.4 Å². The molecule has 2 N–H and O–H groups in total. The monoisotopic (exact) mass is 457 g/mol. The SMILES string of the molecule is COc1ccc(-n2c(CC3CC(=O)NC(=O)N3)nnc2SCc2ccccc2Cl)cc1. The van der Waals surface area contributed by atoms with Crippen molar-refractivity contribution in [2.45, 2.75) is 29.8 Å². The van der Waals surface area contributed by atoms with Gasteiger partial charge in [0.25, 0.3) is 0 Å². The highest BCUT2D eigenvalue weighted by atomic mass is 35.5. The van der Waals surface area contributed by atoms with E-state index in [1.54, 1.807) is 7.11 Å². The second kappa shape index (κ2) is 9.40. The average Bonchev–Trinajstić information content (AvgIpc) is 3.14. The first kappa shape index (κ1) is 21.2. The maximum absolute atomic E-state index is 11.8. The van der Waals surface area contributed by atoms with Gasteiger partial charge in [-0.3, -0.25) is 14.7 Å². The predicted octanol–water partition coefficient (Wildman–Crippen LogP) is 3.36. The number of halogens is 1. The van der Waals surface area contributed by atoms with E-state index in [2.05, 4.69) is 20.8 Å². The van der Waals surface area contributed by atoms with Crippen LogP contribution in [0, 0.1) is 0 Å². The number of amides is 3. The Labute approximate surface area is 188 Å². The summed E-state index contributed by atoms with van der Waals surface area (Å²) in [6.45, 7) is 0. The predicted molar refractivity (Wildman–Crippen MR) is 118 cm³/mol. The molecule has 8 nitrogen and oxygen atoms in total. The van der Waals surface area contributed by atoms with E-state index < -0.39 is 6.03 Å². The van der Waals surface area contributed by atoms with Crippen molar-refractivity contribution in [1.82, 2.24) is 25.4 Å². The summed E-state index contributed by atoms with van der Waals surface area (Å²) in [6, 6.07) is 14.4. The molecule has 0 bridgehead atoms. The summed E-state index contributed by atoms with van der Waals surface area (Å²) in [6.07, 6.45) is 0.550. The topological polar surface area (TPSA) is 98.1 Å². The third kappa shape index (κ3) is 5.00. The second-order valence-electron chi connectivity index (χ2n) is 6.94. The minimum absolute atomic E-state index is 0.184. The molecule has 1 saturated heterocycles. The molecular weight excluding hydrogens is 438 g/mol. The molecule has 1 unspecified atom stereocenters. The zero-order valence-electron chi connectivity index (χ0n) is 16.7. The molecule has 0 radical (unpaired) electrons. The van der Waals surface area contributed by atoms with Crippen molar-refractivity contribution in [3.8, 4) is 11.4 Å². The summed E-state index contributed by atoms with van der Waals surface area (Å²) in [4.78, 5) is 23.4. The lowest BCUT2D eigenvalue weighted by molar-refractivity contribution is -0.121. The number of thioether (sulfide) groups is 1. The van der Waals surface area contributed by atoms with E-state index in [0.717, 1.165) is 17.0 Å². The van der Waals surface area contributed by atoms with Crippen LogP contribution in [-0.2, 0) is 17.0 Å². The highest BCUT2D eigenvalue weighted by Crippen LogP contribution is 2.29. The number of nitrogens with zero attached hydrogens (tertiary/aromatic N) is 3. The molecule has 160 valence electrons. The Bertz CT molecular complexity index is 1090. The summed E-state index contributed by atoms with van der Waals surface area (Å²) < 4.78 is 7.19. The quantitative estimate of drug-likeness (QED) is 0.528. The van der Waals surface area contributed by atoms with Crippen LogP contribution < -0.4 is 15.4 Å². The van der Waals surface area contributed by atoms with Gasteiger partial charge in [0, 0.05) is 35.3 Å². The van der Waals surface area contributed by atoms with Crippen molar-refractivity contribution < 1.29 is 14.3 Å². The van der Waals surface area contributed by atoms with Gasteiger partial charge < -0.3 is 10.1 Å². The Morgan fingerprint density at radius 1 is 1.16 bits per heavy atom. The maximum Gasteiger partial charge on any atom is 0.321 e. The van der Waals surface area contributed by atoms with Crippen molar-refractivity contribution in [2.24, 2.45) is 0 Å². The van der Waals surface area contributed by atoms with Crippen molar-refractivity contribution in [2.75, 3.05) is 7.11 Å². The first-order valence-corrected chi connectivity index (χ1v) is 10.9. The fourth-order valence-electron chi connectivity index (χ4n) is 3.29. The number of benzene rings is 2. The lowest BCUT2D eigenvalue weighted by Crippen LogP contribution is -2.53. The molecule has 3 amide bonds. The molecule has 1 aliphatic rings. The molecule has 1 aromatic heterocycles. The van der Waals surface area contributed by atoms with E-state index in [9.17, 15) is 9.59 Å². The molecule has 10 heteroatoms. The van der Waals surface area contributed by atoms with Crippen LogP contribution in [0.1, 0.15) is 17.8 Å². The summed E-state index contributed by atoms with van der Waals surface area (Å²) in [7, 11) is 1.61. The maximum atomic E-state index is 11.8. The molecule has 31 heavy (non-hydrogen) atoms. The number of rotatable bonds is 7. The molecule has 0 aliphatic carbocycles. The number of urea groups is 1. The highest BCUT2D eigenvalue weighted by Gasteiger charge is 2.26. The zero-order chi connectivity index (χ0) is 21.8. The molecule has 0 saturated carbocycles. The van der Waals surface area contributed by atoms with Gasteiger partial charge in [0.2, 0.25) is 5.91 Å². The fraction of sp³-hybridized carbons (Fsp3) is 0.238. The number of hydrogen-bond donors (Lipinski definition) is 2.